The predicted molar refractivity (Wildman–Crippen MR) is 131 cm³/mol. The van der Waals surface area contributed by atoms with Gasteiger partial charge >= 0.3 is 5.97 Å². The number of nitrogens with zero attached hydrogens (tertiary/aromatic N) is 1. The molecular weight excluding hydrogens is 450 g/mol. The van der Waals surface area contributed by atoms with Gasteiger partial charge in [-0.2, -0.15) is 0 Å². The molecule has 0 spiro atoms. The monoisotopic (exact) mass is 481 g/mol. The fourth-order valence-electron chi connectivity index (χ4n) is 6.17. The smallest absolute Gasteiger partial charge is 0.306 e. The average Bonchev–Trinajstić information content (AvgIpc) is 3.62. The summed E-state index contributed by atoms with van der Waals surface area (Å²) >= 11 is 2.66. The molecular formula is C27H31NO3S2. The number of carbonyl (C=O) groups is 1. The zero-order valence-electron chi connectivity index (χ0n) is 19.2. The van der Waals surface area contributed by atoms with Crippen LogP contribution in [0.4, 0.5) is 0 Å². The highest BCUT2D eigenvalue weighted by Crippen LogP contribution is 2.50. The Morgan fingerprint density at radius 3 is 2.30 bits per heavy atom. The standard InChI is InChI=1S/C27H31NO3S2/c1-28(2,15-14-19-8-4-3-5-9-19)25-20-12-13-21(25)22(18-20)31-26(29)27(30,23-10-6-16-32-23)24-11-7-17-33-24/h3-11,16-17,20-22,25H,12-15,18H2,1-2H3/t20?,21-,22-,25?/m1/s1. The van der Waals surface area contributed by atoms with Crippen LogP contribution in [-0.2, 0) is 21.6 Å². The third-order valence-electron chi connectivity index (χ3n) is 7.71. The van der Waals surface area contributed by atoms with Crippen LogP contribution in [0.3, 0.4) is 0 Å². The van der Waals surface area contributed by atoms with Crippen LogP contribution in [-0.4, -0.2) is 43.2 Å². The molecule has 0 N–H and O–H groups in total. The van der Waals surface area contributed by atoms with Crippen molar-refractivity contribution in [2.24, 2.45) is 11.8 Å². The van der Waals surface area contributed by atoms with E-state index >= 15 is 0 Å². The molecule has 2 aromatic heterocycles. The molecule has 0 amide bonds. The summed E-state index contributed by atoms with van der Waals surface area (Å²) in [6.07, 6.45) is 4.01. The quantitative estimate of drug-likeness (QED) is 0.353. The van der Waals surface area contributed by atoms with Crippen LogP contribution < -0.4 is 5.11 Å². The number of carbonyl (C=O) groups excluding carboxylic acids is 1. The first kappa shape index (κ1) is 22.8. The second-order valence-corrected chi connectivity index (χ2v) is 11.9. The van der Waals surface area contributed by atoms with E-state index in [0.29, 0.717) is 27.6 Å². The lowest BCUT2D eigenvalue weighted by Gasteiger charge is -2.40. The summed E-state index contributed by atoms with van der Waals surface area (Å²) in [4.78, 5) is 14.5. The van der Waals surface area contributed by atoms with E-state index in [0.717, 1.165) is 30.3 Å². The van der Waals surface area contributed by atoms with Gasteiger partial charge in [0, 0.05) is 28.0 Å². The lowest BCUT2D eigenvalue weighted by Crippen LogP contribution is -2.54. The number of esters is 1. The Kier molecular flexibility index (Phi) is 6.21. The molecule has 0 radical (unpaired) electrons. The fraction of sp³-hybridized carbons (Fsp3) is 0.444. The second-order valence-electron chi connectivity index (χ2n) is 10.0. The Morgan fingerprint density at radius 1 is 1.03 bits per heavy atom. The number of likely N-dealkylation sites (N-methyl/N-ethyl adjacent to an activating group) is 1. The highest BCUT2D eigenvalue weighted by atomic mass is 32.1. The fourth-order valence-corrected chi connectivity index (χ4v) is 7.88. The van der Waals surface area contributed by atoms with E-state index in [4.69, 9.17) is 4.74 Å². The van der Waals surface area contributed by atoms with E-state index in [9.17, 15) is 9.90 Å². The van der Waals surface area contributed by atoms with Crippen molar-refractivity contribution in [2.75, 3.05) is 20.6 Å². The van der Waals surface area contributed by atoms with Gasteiger partial charge in [0.05, 0.1) is 32.3 Å². The maximum Gasteiger partial charge on any atom is 0.306 e. The van der Waals surface area contributed by atoms with E-state index in [1.807, 2.05) is 22.9 Å². The molecule has 174 valence electrons. The molecule has 2 bridgehead atoms. The third kappa shape index (κ3) is 4.18. The molecule has 3 aromatic rings. The van der Waals surface area contributed by atoms with Crippen molar-refractivity contribution in [1.29, 1.82) is 0 Å². The normalized spacial score (nSPS) is 24.8. The molecule has 2 unspecified atom stereocenters. The maximum atomic E-state index is 14.0. The molecule has 2 heterocycles. The molecule has 2 aliphatic rings. The number of hydrogen-bond donors (Lipinski definition) is 0. The van der Waals surface area contributed by atoms with Gasteiger partial charge in [-0.3, -0.25) is 4.79 Å². The van der Waals surface area contributed by atoms with Crippen molar-refractivity contribution in [3.8, 4) is 0 Å². The van der Waals surface area contributed by atoms with Gasteiger partial charge in [0.25, 0.3) is 0 Å². The summed E-state index contributed by atoms with van der Waals surface area (Å²) in [5, 5.41) is 17.7. The molecule has 2 aliphatic carbocycles. The van der Waals surface area contributed by atoms with Gasteiger partial charge in [-0.25, -0.2) is 0 Å². The number of ether oxygens (including phenoxy) is 1. The van der Waals surface area contributed by atoms with Crippen molar-refractivity contribution in [2.45, 2.75) is 43.4 Å². The summed E-state index contributed by atoms with van der Waals surface area (Å²) in [6, 6.07) is 18.3. The van der Waals surface area contributed by atoms with Crippen LogP contribution in [0.2, 0.25) is 0 Å². The summed E-state index contributed by atoms with van der Waals surface area (Å²) in [6.45, 7) is 1.05. The summed E-state index contributed by atoms with van der Waals surface area (Å²) < 4.78 is 7.03. The van der Waals surface area contributed by atoms with E-state index in [1.165, 1.54) is 34.7 Å². The van der Waals surface area contributed by atoms with Crippen molar-refractivity contribution >= 4 is 28.6 Å². The van der Waals surface area contributed by atoms with Gasteiger partial charge in [-0.1, -0.05) is 42.5 Å². The van der Waals surface area contributed by atoms with Crippen molar-refractivity contribution in [1.82, 2.24) is 0 Å². The lowest BCUT2D eigenvalue weighted by molar-refractivity contribution is -0.919. The zero-order chi connectivity index (χ0) is 23.1. The summed E-state index contributed by atoms with van der Waals surface area (Å²) in [5.74, 6) is 0.224. The number of rotatable bonds is 8. The van der Waals surface area contributed by atoms with Crippen molar-refractivity contribution in [3.63, 3.8) is 0 Å². The third-order valence-corrected chi connectivity index (χ3v) is 9.66. The Labute approximate surface area is 204 Å². The molecule has 2 fully saturated rings. The number of fused-ring (bicyclic) bond motifs is 2. The van der Waals surface area contributed by atoms with E-state index in [1.54, 1.807) is 12.1 Å². The minimum Gasteiger partial charge on any atom is -0.833 e. The molecule has 0 aliphatic heterocycles. The van der Waals surface area contributed by atoms with Crippen molar-refractivity contribution in [3.05, 3.63) is 80.7 Å². The second kappa shape index (κ2) is 8.99. The van der Waals surface area contributed by atoms with Crippen LogP contribution in [0.5, 0.6) is 0 Å². The van der Waals surface area contributed by atoms with E-state index in [2.05, 4.69) is 44.4 Å². The Morgan fingerprint density at radius 2 is 1.70 bits per heavy atom. The van der Waals surface area contributed by atoms with E-state index in [-0.39, 0.29) is 6.10 Å². The predicted octanol–water partition coefficient (Wildman–Crippen LogP) is 4.44. The average molecular weight is 482 g/mol. The topological polar surface area (TPSA) is 49.4 Å². The van der Waals surface area contributed by atoms with Crippen LogP contribution in [0.15, 0.2) is 65.4 Å². The largest absolute Gasteiger partial charge is 0.833 e. The van der Waals surface area contributed by atoms with Crippen molar-refractivity contribution < 1.29 is 19.1 Å². The Hall–Kier alpha value is -1.99. The van der Waals surface area contributed by atoms with E-state index < -0.39 is 11.6 Å². The molecule has 5 rings (SSSR count). The molecule has 6 heteroatoms. The maximum absolute atomic E-state index is 14.0. The Bertz CT molecular complexity index is 1030. The molecule has 4 nitrogen and oxygen atoms in total. The highest BCUT2D eigenvalue weighted by molar-refractivity contribution is 7.12. The van der Waals surface area contributed by atoms with Gasteiger partial charge in [0.2, 0.25) is 0 Å². The van der Waals surface area contributed by atoms with Crippen LogP contribution >= 0.6 is 22.7 Å². The summed E-state index contributed by atoms with van der Waals surface area (Å²) in [7, 11) is 4.64. The minimum absolute atomic E-state index is 0.163. The number of quaternary nitrogens is 1. The number of thiophene rings is 2. The van der Waals surface area contributed by atoms with Gasteiger partial charge in [-0.15, -0.1) is 22.7 Å². The first-order valence-electron chi connectivity index (χ1n) is 11.8. The van der Waals surface area contributed by atoms with Crippen LogP contribution in [0, 0.1) is 11.8 Å². The molecule has 4 atom stereocenters. The Balaban J connectivity index is 1.32. The van der Waals surface area contributed by atoms with Gasteiger partial charge in [0.1, 0.15) is 6.10 Å². The van der Waals surface area contributed by atoms with Gasteiger partial charge in [0.15, 0.2) is 0 Å². The molecule has 2 saturated carbocycles. The first-order valence-corrected chi connectivity index (χ1v) is 13.5. The lowest BCUT2D eigenvalue weighted by atomic mass is 9.96. The SMILES string of the molecule is C[N+](C)(CCc1ccccc1)C1C2CC[C@@H]1[C@H](OC(=O)C([O-])(c1cccs1)c1cccs1)C2. The number of hydrogen-bond acceptors (Lipinski definition) is 5. The molecule has 1 aromatic carbocycles. The van der Waals surface area contributed by atoms with Crippen LogP contribution in [0.25, 0.3) is 0 Å². The summed E-state index contributed by atoms with van der Waals surface area (Å²) in [5.41, 5.74) is -0.614. The van der Waals surface area contributed by atoms with Gasteiger partial charge in [-0.05, 0) is 47.7 Å². The van der Waals surface area contributed by atoms with Gasteiger partial charge < -0.3 is 14.3 Å². The van der Waals surface area contributed by atoms with Crippen LogP contribution in [0.1, 0.15) is 34.6 Å². The minimum atomic E-state index is -1.97. The first-order chi connectivity index (χ1) is 15.9. The molecule has 33 heavy (non-hydrogen) atoms. The molecule has 0 saturated heterocycles. The highest BCUT2D eigenvalue weighted by Gasteiger charge is 2.57. The zero-order valence-corrected chi connectivity index (χ0v) is 20.8. The number of benzene rings is 1.